The van der Waals surface area contributed by atoms with Crippen LogP contribution < -0.4 is 10.2 Å². The molecule has 2 bridgehead atoms. The molecule has 3 aliphatic rings. The zero-order valence-electron chi connectivity index (χ0n) is 14.5. The molecule has 0 spiro atoms. The number of fused-ring (bicyclic) bond motifs is 5. The van der Waals surface area contributed by atoms with Gasteiger partial charge in [-0.1, -0.05) is 30.4 Å². The lowest BCUT2D eigenvalue weighted by Gasteiger charge is -2.17. The molecule has 5 rings (SSSR count). The van der Waals surface area contributed by atoms with Crippen molar-refractivity contribution in [2.75, 3.05) is 10.2 Å². The van der Waals surface area contributed by atoms with Crippen molar-refractivity contribution in [3.63, 3.8) is 0 Å². The first kappa shape index (κ1) is 16.0. The first-order chi connectivity index (χ1) is 13.1. The predicted molar refractivity (Wildman–Crippen MR) is 101 cm³/mol. The normalized spacial score (nSPS) is 27.9. The van der Waals surface area contributed by atoms with Crippen LogP contribution in [0.5, 0.6) is 0 Å². The number of allylic oxidation sites excluding steroid dienone is 2. The third-order valence-corrected chi connectivity index (χ3v) is 5.89. The van der Waals surface area contributed by atoms with Crippen molar-refractivity contribution >= 4 is 29.1 Å². The summed E-state index contributed by atoms with van der Waals surface area (Å²) in [6.07, 6.45) is 5.08. The van der Waals surface area contributed by atoms with Gasteiger partial charge in [0.1, 0.15) is 0 Å². The van der Waals surface area contributed by atoms with Gasteiger partial charge in [0.15, 0.2) is 0 Å². The van der Waals surface area contributed by atoms with Crippen molar-refractivity contribution < 1.29 is 14.4 Å². The van der Waals surface area contributed by atoms with Gasteiger partial charge in [0.25, 0.3) is 5.91 Å². The third-order valence-electron chi connectivity index (χ3n) is 5.89. The highest BCUT2D eigenvalue weighted by Gasteiger charge is 2.59. The lowest BCUT2D eigenvalue weighted by atomic mass is 9.85. The first-order valence-electron chi connectivity index (χ1n) is 9.16. The molecule has 0 radical (unpaired) electrons. The van der Waals surface area contributed by atoms with Crippen molar-refractivity contribution in [1.82, 2.24) is 0 Å². The Kier molecular flexibility index (Phi) is 3.50. The number of hydrogen-bond donors (Lipinski definition) is 1. The maximum Gasteiger partial charge on any atom is 0.255 e. The number of anilines is 2. The van der Waals surface area contributed by atoms with Crippen LogP contribution in [0.3, 0.4) is 0 Å². The molecule has 1 aliphatic heterocycles. The van der Waals surface area contributed by atoms with Gasteiger partial charge in [-0.15, -0.1) is 0 Å². The number of carbonyl (C=O) groups excluding carboxylic acids is 3. The fourth-order valence-corrected chi connectivity index (χ4v) is 4.64. The highest BCUT2D eigenvalue weighted by molar-refractivity contribution is 6.23. The van der Waals surface area contributed by atoms with Gasteiger partial charge in [0.05, 0.1) is 17.5 Å². The Morgan fingerprint density at radius 3 is 2.04 bits per heavy atom. The van der Waals surface area contributed by atoms with E-state index in [1.807, 2.05) is 30.3 Å². The number of para-hydroxylation sites is 1. The summed E-state index contributed by atoms with van der Waals surface area (Å²) in [7, 11) is 0. The molecule has 2 aromatic carbocycles. The Hall–Kier alpha value is -3.21. The SMILES string of the molecule is O=C(Nc1ccccc1)c1ccc(N2C(=O)[C@@H]3[C@H](C2=O)[C@H]2C=C[C@@H]3C2)cc1. The molecular formula is C22H18N2O3. The van der Waals surface area contributed by atoms with Gasteiger partial charge in [-0.3, -0.25) is 19.3 Å². The van der Waals surface area contributed by atoms with Crippen molar-refractivity contribution in [3.05, 3.63) is 72.3 Å². The largest absolute Gasteiger partial charge is 0.322 e. The number of nitrogens with zero attached hydrogens (tertiary/aromatic N) is 1. The van der Waals surface area contributed by atoms with Gasteiger partial charge in [-0.2, -0.15) is 0 Å². The minimum Gasteiger partial charge on any atom is -0.322 e. The number of nitrogens with one attached hydrogen (secondary N) is 1. The van der Waals surface area contributed by atoms with Crippen LogP contribution in [-0.2, 0) is 9.59 Å². The van der Waals surface area contributed by atoms with E-state index in [1.165, 1.54) is 4.90 Å². The van der Waals surface area contributed by atoms with E-state index in [0.717, 1.165) is 6.42 Å². The molecule has 5 nitrogen and oxygen atoms in total. The second-order valence-electron chi connectivity index (χ2n) is 7.38. The predicted octanol–water partition coefficient (Wildman–Crippen LogP) is 3.25. The van der Waals surface area contributed by atoms with Crippen LogP contribution in [0.2, 0.25) is 0 Å². The molecule has 1 saturated heterocycles. The lowest BCUT2D eigenvalue weighted by Crippen LogP contribution is -2.32. The van der Waals surface area contributed by atoms with Crippen molar-refractivity contribution in [2.24, 2.45) is 23.7 Å². The molecule has 0 aromatic heterocycles. The average molecular weight is 358 g/mol. The van der Waals surface area contributed by atoms with Gasteiger partial charge in [0.2, 0.25) is 11.8 Å². The summed E-state index contributed by atoms with van der Waals surface area (Å²) in [5.41, 5.74) is 1.73. The van der Waals surface area contributed by atoms with Crippen LogP contribution in [0.25, 0.3) is 0 Å². The second-order valence-corrected chi connectivity index (χ2v) is 7.38. The molecule has 2 aliphatic carbocycles. The Balaban J connectivity index is 1.36. The smallest absolute Gasteiger partial charge is 0.255 e. The number of hydrogen-bond acceptors (Lipinski definition) is 3. The van der Waals surface area contributed by atoms with Crippen LogP contribution in [0.1, 0.15) is 16.8 Å². The molecule has 1 heterocycles. The summed E-state index contributed by atoms with van der Waals surface area (Å²) in [5.74, 6) is -0.491. The number of amides is 3. The van der Waals surface area contributed by atoms with Crippen molar-refractivity contribution in [2.45, 2.75) is 6.42 Å². The van der Waals surface area contributed by atoms with E-state index in [0.29, 0.717) is 16.9 Å². The Morgan fingerprint density at radius 2 is 1.44 bits per heavy atom. The number of rotatable bonds is 3. The molecule has 3 amide bonds. The maximum atomic E-state index is 12.8. The summed E-state index contributed by atoms with van der Waals surface area (Å²) in [6.45, 7) is 0. The van der Waals surface area contributed by atoms with E-state index in [4.69, 9.17) is 0 Å². The summed E-state index contributed by atoms with van der Waals surface area (Å²) < 4.78 is 0. The van der Waals surface area contributed by atoms with Crippen LogP contribution in [0.15, 0.2) is 66.7 Å². The standard InChI is InChI=1S/C22H18N2O3/c25-20(23-16-4-2-1-3-5-16)13-8-10-17(11-9-13)24-21(26)18-14-6-7-15(12-14)19(18)22(24)27/h1-11,14-15,18-19H,12H2,(H,23,25)/t14-,15+,18+,19-. The number of imide groups is 1. The molecule has 1 saturated carbocycles. The van der Waals surface area contributed by atoms with E-state index in [9.17, 15) is 14.4 Å². The van der Waals surface area contributed by atoms with Gasteiger partial charge in [0, 0.05) is 11.3 Å². The van der Waals surface area contributed by atoms with Crippen LogP contribution in [0.4, 0.5) is 11.4 Å². The van der Waals surface area contributed by atoms with Crippen molar-refractivity contribution in [3.8, 4) is 0 Å². The quantitative estimate of drug-likeness (QED) is 0.677. The maximum absolute atomic E-state index is 12.8. The van der Waals surface area contributed by atoms with Crippen LogP contribution in [-0.4, -0.2) is 17.7 Å². The topological polar surface area (TPSA) is 66.5 Å². The average Bonchev–Trinajstić information content (AvgIpc) is 3.37. The Labute approximate surface area is 156 Å². The Bertz CT molecular complexity index is 935. The third kappa shape index (κ3) is 2.42. The molecule has 27 heavy (non-hydrogen) atoms. The first-order valence-corrected chi connectivity index (χ1v) is 9.16. The molecule has 0 unspecified atom stereocenters. The zero-order valence-corrected chi connectivity index (χ0v) is 14.5. The van der Waals surface area contributed by atoms with Crippen LogP contribution in [0, 0.1) is 23.7 Å². The second kappa shape index (κ2) is 5.91. The van der Waals surface area contributed by atoms with E-state index in [-0.39, 0.29) is 41.4 Å². The Morgan fingerprint density at radius 1 is 0.852 bits per heavy atom. The molecule has 5 heteroatoms. The molecule has 4 atom stereocenters. The van der Waals surface area contributed by atoms with Crippen molar-refractivity contribution in [1.29, 1.82) is 0 Å². The minimum absolute atomic E-state index is 0.108. The fraction of sp³-hybridized carbons (Fsp3) is 0.227. The summed E-state index contributed by atoms with van der Waals surface area (Å²) >= 11 is 0. The molecular weight excluding hydrogens is 340 g/mol. The molecule has 2 aromatic rings. The van der Waals surface area contributed by atoms with E-state index < -0.39 is 0 Å². The van der Waals surface area contributed by atoms with E-state index >= 15 is 0 Å². The minimum atomic E-state index is -0.231. The highest BCUT2D eigenvalue weighted by atomic mass is 16.2. The monoisotopic (exact) mass is 358 g/mol. The molecule has 2 fully saturated rings. The number of carbonyl (C=O) groups is 3. The summed E-state index contributed by atoms with van der Waals surface area (Å²) in [6, 6.07) is 15.8. The van der Waals surface area contributed by atoms with Crippen LogP contribution >= 0.6 is 0 Å². The zero-order chi connectivity index (χ0) is 18.5. The molecule has 1 N–H and O–H groups in total. The number of benzene rings is 2. The molecule has 134 valence electrons. The van der Waals surface area contributed by atoms with Gasteiger partial charge < -0.3 is 5.32 Å². The van der Waals surface area contributed by atoms with Gasteiger partial charge in [-0.25, -0.2) is 0 Å². The summed E-state index contributed by atoms with van der Waals surface area (Å²) in [4.78, 5) is 39.3. The van der Waals surface area contributed by atoms with Gasteiger partial charge >= 0.3 is 0 Å². The fourth-order valence-electron chi connectivity index (χ4n) is 4.64. The highest BCUT2D eigenvalue weighted by Crippen LogP contribution is 2.53. The lowest BCUT2D eigenvalue weighted by molar-refractivity contribution is -0.123. The van der Waals surface area contributed by atoms with Gasteiger partial charge in [-0.05, 0) is 54.7 Å². The van der Waals surface area contributed by atoms with E-state index in [1.54, 1.807) is 24.3 Å². The van der Waals surface area contributed by atoms with E-state index in [2.05, 4.69) is 17.5 Å². The summed E-state index contributed by atoms with van der Waals surface area (Å²) in [5, 5.41) is 2.82.